The Morgan fingerprint density at radius 2 is 1.77 bits per heavy atom. The number of aliphatic hydroxyl groups excluding tert-OH is 2. The van der Waals surface area contributed by atoms with Crippen LogP contribution in [0.5, 0.6) is 0 Å². The van der Waals surface area contributed by atoms with Crippen LogP contribution in [0.25, 0.3) is 0 Å². The highest BCUT2D eigenvalue weighted by molar-refractivity contribution is 5.83. The van der Waals surface area contributed by atoms with E-state index < -0.39 is 0 Å². The van der Waals surface area contributed by atoms with Crippen molar-refractivity contribution in [2.75, 3.05) is 0 Å². The fourth-order valence-corrected chi connectivity index (χ4v) is 7.04. The average Bonchev–Trinajstić information content (AvgIpc) is 2.76. The quantitative estimate of drug-likeness (QED) is 0.723. The van der Waals surface area contributed by atoms with Crippen LogP contribution in [-0.2, 0) is 4.79 Å². The standard InChI is InChI=1S/C19H30O3/c1-18-5-4-14-13(15(18)8-12(21)10-18)9-17(22)16-7-11(20)3-6-19(14,16)2/h11-16,20-21H,3-10H2,1-2H3/t11-,12+,13+,14-,15+,16-,18-,19-/m1/s1. The predicted molar refractivity (Wildman–Crippen MR) is 84.1 cm³/mol. The Morgan fingerprint density at radius 1 is 1.00 bits per heavy atom. The maximum Gasteiger partial charge on any atom is 0.136 e. The molecule has 4 aliphatic carbocycles. The zero-order chi connectivity index (χ0) is 15.7. The van der Waals surface area contributed by atoms with E-state index in [4.69, 9.17) is 0 Å². The number of carbonyl (C=O) groups is 1. The summed E-state index contributed by atoms with van der Waals surface area (Å²) in [6.45, 7) is 4.67. The lowest BCUT2D eigenvalue weighted by molar-refractivity contribution is -0.157. The smallest absolute Gasteiger partial charge is 0.136 e. The van der Waals surface area contributed by atoms with Gasteiger partial charge in [0.05, 0.1) is 12.2 Å². The van der Waals surface area contributed by atoms with Crippen molar-refractivity contribution in [3.05, 3.63) is 0 Å². The molecule has 0 aromatic rings. The van der Waals surface area contributed by atoms with Crippen LogP contribution in [0.1, 0.15) is 65.2 Å². The van der Waals surface area contributed by atoms with Gasteiger partial charge in [-0.15, -0.1) is 0 Å². The first-order valence-corrected chi connectivity index (χ1v) is 9.22. The summed E-state index contributed by atoms with van der Waals surface area (Å²) in [5, 5.41) is 20.2. The molecule has 124 valence electrons. The Labute approximate surface area is 133 Å². The van der Waals surface area contributed by atoms with E-state index in [2.05, 4.69) is 13.8 Å². The van der Waals surface area contributed by atoms with Crippen LogP contribution >= 0.6 is 0 Å². The van der Waals surface area contributed by atoms with Gasteiger partial charge >= 0.3 is 0 Å². The van der Waals surface area contributed by atoms with Crippen LogP contribution < -0.4 is 0 Å². The van der Waals surface area contributed by atoms with E-state index >= 15 is 0 Å². The van der Waals surface area contributed by atoms with Gasteiger partial charge in [0, 0.05) is 12.3 Å². The van der Waals surface area contributed by atoms with E-state index in [0.717, 1.165) is 25.7 Å². The van der Waals surface area contributed by atoms with Crippen LogP contribution in [0.15, 0.2) is 0 Å². The fourth-order valence-electron chi connectivity index (χ4n) is 7.04. The second-order valence-corrected chi connectivity index (χ2v) is 9.32. The number of hydrogen-bond donors (Lipinski definition) is 2. The van der Waals surface area contributed by atoms with Crippen LogP contribution in [0.2, 0.25) is 0 Å². The van der Waals surface area contributed by atoms with E-state index in [1.807, 2.05) is 0 Å². The molecule has 4 aliphatic rings. The van der Waals surface area contributed by atoms with Crippen LogP contribution in [0, 0.1) is 34.5 Å². The summed E-state index contributed by atoms with van der Waals surface area (Å²) < 4.78 is 0. The van der Waals surface area contributed by atoms with Crippen molar-refractivity contribution in [2.24, 2.45) is 34.5 Å². The third-order valence-corrected chi connectivity index (χ3v) is 8.18. The van der Waals surface area contributed by atoms with Gasteiger partial charge in [0.2, 0.25) is 0 Å². The Hall–Kier alpha value is -0.410. The topological polar surface area (TPSA) is 57.5 Å². The third kappa shape index (κ3) is 1.97. The SMILES string of the molecule is C[C@]12CC[C@@H]3[C@H](CC(=O)[C@H]4C[C@H](O)CC[C@@]43C)[C@@H]1C[C@H](O)C2. The zero-order valence-electron chi connectivity index (χ0n) is 13.9. The molecule has 0 amide bonds. The number of fused-ring (bicyclic) bond motifs is 5. The van der Waals surface area contributed by atoms with Crippen LogP contribution in [0.3, 0.4) is 0 Å². The van der Waals surface area contributed by atoms with Crippen molar-refractivity contribution in [3.8, 4) is 0 Å². The minimum Gasteiger partial charge on any atom is -0.393 e. The molecule has 0 bridgehead atoms. The summed E-state index contributed by atoms with van der Waals surface area (Å²) in [5.41, 5.74) is 0.340. The van der Waals surface area contributed by atoms with E-state index in [1.165, 1.54) is 12.8 Å². The Morgan fingerprint density at radius 3 is 2.55 bits per heavy atom. The molecule has 8 atom stereocenters. The normalized spacial score (nSPS) is 57.9. The molecule has 3 heteroatoms. The van der Waals surface area contributed by atoms with Gasteiger partial charge in [-0.05, 0) is 73.5 Å². The number of aliphatic hydroxyl groups is 2. The molecule has 0 spiro atoms. The lowest BCUT2D eigenvalue weighted by atomic mass is 9.45. The molecule has 22 heavy (non-hydrogen) atoms. The highest BCUT2D eigenvalue weighted by atomic mass is 16.3. The molecule has 0 aromatic heterocycles. The lowest BCUT2D eigenvalue weighted by Gasteiger charge is -2.59. The van der Waals surface area contributed by atoms with Crippen molar-refractivity contribution in [1.82, 2.24) is 0 Å². The van der Waals surface area contributed by atoms with Crippen molar-refractivity contribution in [1.29, 1.82) is 0 Å². The van der Waals surface area contributed by atoms with Gasteiger partial charge in [0.1, 0.15) is 5.78 Å². The van der Waals surface area contributed by atoms with Gasteiger partial charge in [-0.3, -0.25) is 4.79 Å². The van der Waals surface area contributed by atoms with E-state index in [-0.39, 0.29) is 29.0 Å². The molecule has 0 unspecified atom stereocenters. The van der Waals surface area contributed by atoms with E-state index in [1.54, 1.807) is 0 Å². The first-order valence-electron chi connectivity index (χ1n) is 9.22. The summed E-state index contributed by atoms with van der Waals surface area (Å²) in [7, 11) is 0. The highest BCUT2D eigenvalue weighted by Gasteiger charge is 2.61. The van der Waals surface area contributed by atoms with Gasteiger partial charge in [0.15, 0.2) is 0 Å². The van der Waals surface area contributed by atoms with Crippen molar-refractivity contribution in [2.45, 2.75) is 77.4 Å². The minimum absolute atomic E-state index is 0.0770. The molecule has 4 fully saturated rings. The largest absolute Gasteiger partial charge is 0.393 e. The minimum atomic E-state index is -0.277. The Balaban J connectivity index is 1.67. The predicted octanol–water partition coefficient (Wildman–Crippen LogP) is 2.93. The number of Topliss-reactive ketones (excluding diaryl/α,β-unsaturated/α-hetero) is 1. The van der Waals surface area contributed by atoms with Gasteiger partial charge in [0.25, 0.3) is 0 Å². The van der Waals surface area contributed by atoms with E-state index in [9.17, 15) is 15.0 Å². The molecular formula is C19H30O3. The van der Waals surface area contributed by atoms with Gasteiger partial charge in [-0.25, -0.2) is 0 Å². The molecule has 0 saturated heterocycles. The average molecular weight is 306 g/mol. The molecule has 2 N–H and O–H groups in total. The summed E-state index contributed by atoms with van der Waals surface area (Å²) in [4.78, 5) is 12.8. The van der Waals surface area contributed by atoms with Gasteiger partial charge < -0.3 is 10.2 Å². The Bertz CT molecular complexity index is 489. The maximum absolute atomic E-state index is 12.8. The number of hydrogen-bond acceptors (Lipinski definition) is 3. The van der Waals surface area contributed by atoms with Gasteiger partial charge in [-0.2, -0.15) is 0 Å². The third-order valence-electron chi connectivity index (χ3n) is 8.18. The molecule has 0 aliphatic heterocycles. The molecule has 0 aromatic carbocycles. The van der Waals surface area contributed by atoms with Crippen molar-refractivity contribution >= 4 is 5.78 Å². The highest BCUT2D eigenvalue weighted by Crippen LogP contribution is 2.65. The zero-order valence-corrected chi connectivity index (χ0v) is 13.9. The molecular weight excluding hydrogens is 276 g/mol. The monoisotopic (exact) mass is 306 g/mol. The van der Waals surface area contributed by atoms with Gasteiger partial charge in [-0.1, -0.05) is 13.8 Å². The van der Waals surface area contributed by atoms with Crippen molar-refractivity contribution in [3.63, 3.8) is 0 Å². The van der Waals surface area contributed by atoms with Crippen LogP contribution in [-0.4, -0.2) is 28.2 Å². The molecule has 4 saturated carbocycles. The van der Waals surface area contributed by atoms with Crippen molar-refractivity contribution < 1.29 is 15.0 Å². The molecule has 3 nitrogen and oxygen atoms in total. The van der Waals surface area contributed by atoms with E-state index in [0.29, 0.717) is 36.4 Å². The first-order chi connectivity index (χ1) is 10.3. The molecule has 4 rings (SSSR count). The second-order valence-electron chi connectivity index (χ2n) is 9.32. The first kappa shape index (κ1) is 15.1. The molecule has 0 radical (unpaired) electrons. The van der Waals surface area contributed by atoms with Crippen LogP contribution in [0.4, 0.5) is 0 Å². The maximum atomic E-state index is 12.8. The summed E-state index contributed by atoms with van der Waals surface area (Å²) >= 11 is 0. The second kappa shape index (κ2) is 4.80. The Kier molecular flexibility index (Phi) is 3.30. The summed E-state index contributed by atoms with van der Waals surface area (Å²) in [6, 6.07) is 0. The number of ketones is 1. The summed E-state index contributed by atoms with van der Waals surface area (Å²) in [5.74, 6) is 2.09. The molecule has 0 heterocycles. The fraction of sp³-hybridized carbons (Fsp3) is 0.947. The lowest BCUT2D eigenvalue weighted by Crippen LogP contribution is -2.56. The number of rotatable bonds is 0. The summed E-state index contributed by atoms with van der Waals surface area (Å²) in [6.07, 6.45) is 7.03. The number of carbonyl (C=O) groups excluding carboxylic acids is 1.